The monoisotopic (exact) mass is 310 g/mol. The molecule has 100 valence electrons. The predicted octanol–water partition coefficient (Wildman–Crippen LogP) is 3.72. The molecule has 1 aromatic rings. The number of halogens is 1. The van der Waals surface area contributed by atoms with E-state index in [1.165, 1.54) is 28.6 Å². The van der Waals surface area contributed by atoms with Gasteiger partial charge >= 0.3 is 0 Å². The van der Waals surface area contributed by atoms with Crippen LogP contribution in [0, 0.1) is 6.92 Å². The normalized spacial score (nSPS) is 24.3. The summed E-state index contributed by atoms with van der Waals surface area (Å²) in [6.07, 6.45) is 2.46. The van der Waals surface area contributed by atoms with E-state index in [4.69, 9.17) is 0 Å². The van der Waals surface area contributed by atoms with Gasteiger partial charge in [-0.2, -0.15) is 0 Å². The van der Waals surface area contributed by atoms with Crippen LogP contribution in [-0.4, -0.2) is 25.2 Å². The molecule has 1 heterocycles. The zero-order valence-corrected chi connectivity index (χ0v) is 13.1. The van der Waals surface area contributed by atoms with Crippen LogP contribution in [-0.2, 0) is 0 Å². The summed E-state index contributed by atoms with van der Waals surface area (Å²) in [4.78, 5) is 2.53. The Kier molecular flexibility index (Phi) is 4.68. The first-order chi connectivity index (χ1) is 8.61. The maximum atomic E-state index is 3.70. The van der Waals surface area contributed by atoms with Crippen LogP contribution in [0.15, 0.2) is 22.7 Å². The molecule has 1 fully saturated rings. The van der Waals surface area contributed by atoms with E-state index in [2.05, 4.69) is 65.1 Å². The highest BCUT2D eigenvalue weighted by Crippen LogP contribution is 2.32. The molecular weight excluding hydrogens is 288 g/mol. The molecule has 1 aromatic carbocycles. The molecule has 0 aromatic heterocycles. The molecule has 2 nitrogen and oxygen atoms in total. The SMILES string of the molecule is CCNC1CCN(c2ccc(C)cc2Br)C(C)C1. The first-order valence-corrected chi connectivity index (χ1v) is 7.67. The van der Waals surface area contributed by atoms with Crippen molar-refractivity contribution >= 4 is 21.6 Å². The van der Waals surface area contributed by atoms with Crippen molar-refractivity contribution in [3.63, 3.8) is 0 Å². The van der Waals surface area contributed by atoms with Gasteiger partial charge in [-0.05, 0) is 66.9 Å². The second-order valence-electron chi connectivity index (χ2n) is 5.28. The molecule has 1 aliphatic heterocycles. The van der Waals surface area contributed by atoms with Crippen molar-refractivity contribution in [3.05, 3.63) is 28.2 Å². The van der Waals surface area contributed by atoms with Crippen LogP contribution in [0.2, 0.25) is 0 Å². The number of hydrogen-bond donors (Lipinski definition) is 1. The summed E-state index contributed by atoms with van der Waals surface area (Å²) in [6, 6.07) is 7.93. The Morgan fingerprint density at radius 3 is 2.83 bits per heavy atom. The van der Waals surface area contributed by atoms with Crippen molar-refractivity contribution in [2.45, 2.75) is 45.7 Å². The quantitative estimate of drug-likeness (QED) is 0.915. The summed E-state index contributed by atoms with van der Waals surface area (Å²) in [5.41, 5.74) is 2.64. The lowest BCUT2D eigenvalue weighted by Gasteiger charge is -2.40. The van der Waals surface area contributed by atoms with Gasteiger partial charge in [-0.1, -0.05) is 13.0 Å². The predicted molar refractivity (Wildman–Crippen MR) is 82.4 cm³/mol. The Morgan fingerprint density at radius 2 is 2.22 bits per heavy atom. The van der Waals surface area contributed by atoms with Crippen molar-refractivity contribution in [1.29, 1.82) is 0 Å². The number of aryl methyl sites for hydroxylation is 1. The van der Waals surface area contributed by atoms with Gasteiger partial charge in [-0.25, -0.2) is 0 Å². The van der Waals surface area contributed by atoms with Gasteiger partial charge in [0.2, 0.25) is 0 Å². The Labute approximate surface area is 119 Å². The van der Waals surface area contributed by atoms with Gasteiger partial charge in [-0.15, -0.1) is 0 Å². The Balaban J connectivity index is 2.10. The highest BCUT2D eigenvalue weighted by molar-refractivity contribution is 9.10. The van der Waals surface area contributed by atoms with Crippen LogP contribution in [0.3, 0.4) is 0 Å². The topological polar surface area (TPSA) is 15.3 Å². The summed E-state index contributed by atoms with van der Waals surface area (Å²) in [7, 11) is 0. The number of nitrogens with zero attached hydrogens (tertiary/aromatic N) is 1. The number of benzene rings is 1. The molecule has 0 saturated carbocycles. The van der Waals surface area contributed by atoms with Crippen LogP contribution < -0.4 is 10.2 Å². The minimum absolute atomic E-state index is 0.599. The summed E-state index contributed by atoms with van der Waals surface area (Å²) >= 11 is 3.70. The molecular formula is C15H23BrN2. The standard InChI is InChI=1S/C15H23BrN2/c1-4-17-13-7-8-18(12(3)10-13)15-6-5-11(2)9-14(15)16/h5-6,9,12-13,17H,4,7-8,10H2,1-3H3. The van der Waals surface area contributed by atoms with Gasteiger partial charge < -0.3 is 10.2 Å². The third-order valence-corrected chi connectivity index (χ3v) is 4.42. The molecule has 0 spiro atoms. The fourth-order valence-electron chi connectivity index (χ4n) is 2.85. The van der Waals surface area contributed by atoms with Crippen molar-refractivity contribution < 1.29 is 0 Å². The van der Waals surface area contributed by atoms with Crippen molar-refractivity contribution in [1.82, 2.24) is 5.32 Å². The number of nitrogens with one attached hydrogen (secondary N) is 1. The second-order valence-corrected chi connectivity index (χ2v) is 6.13. The van der Waals surface area contributed by atoms with E-state index in [1.807, 2.05) is 0 Å². The molecule has 18 heavy (non-hydrogen) atoms. The average Bonchev–Trinajstić information content (AvgIpc) is 2.31. The third kappa shape index (κ3) is 3.07. The zero-order valence-electron chi connectivity index (χ0n) is 11.5. The Morgan fingerprint density at radius 1 is 1.44 bits per heavy atom. The number of hydrogen-bond acceptors (Lipinski definition) is 2. The molecule has 0 bridgehead atoms. The largest absolute Gasteiger partial charge is 0.368 e. The van der Waals surface area contributed by atoms with Gasteiger partial charge in [0.1, 0.15) is 0 Å². The first-order valence-electron chi connectivity index (χ1n) is 6.88. The molecule has 0 aliphatic carbocycles. The molecule has 1 saturated heterocycles. The maximum absolute atomic E-state index is 3.70. The second kappa shape index (κ2) is 6.07. The molecule has 2 atom stereocenters. The summed E-state index contributed by atoms with van der Waals surface area (Å²) in [5, 5.41) is 3.57. The molecule has 1 N–H and O–H groups in total. The van der Waals surface area contributed by atoms with Gasteiger partial charge in [0.15, 0.2) is 0 Å². The van der Waals surface area contributed by atoms with E-state index in [1.54, 1.807) is 0 Å². The summed E-state index contributed by atoms with van der Waals surface area (Å²) < 4.78 is 1.22. The van der Waals surface area contributed by atoms with Crippen LogP contribution in [0.4, 0.5) is 5.69 Å². The van der Waals surface area contributed by atoms with Crippen molar-refractivity contribution in [2.24, 2.45) is 0 Å². The van der Waals surface area contributed by atoms with Crippen molar-refractivity contribution in [2.75, 3.05) is 18.0 Å². The lowest BCUT2D eigenvalue weighted by molar-refractivity contribution is 0.374. The average molecular weight is 311 g/mol. The van der Waals surface area contributed by atoms with Gasteiger partial charge in [0, 0.05) is 23.1 Å². The minimum Gasteiger partial charge on any atom is -0.368 e. The van der Waals surface area contributed by atoms with E-state index >= 15 is 0 Å². The summed E-state index contributed by atoms with van der Waals surface area (Å²) in [5.74, 6) is 0. The van der Waals surface area contributed by atoms with E-state index in [0.29, 0.717) is 12.1 Å². The third-order valence-electron chi connectivity index (χ3n) is 3.78. The lowest BCUT2D eigenvalue weighted by Crippen LogP contribution is -2.47. The molecule has 2 rings (SSSR count). The maximum Gasteiger partial charge on any atom is 0.0513 e. The van der Waals surface area contributed by atoms with Gasteiger partial charge in [-0.3, -0.25) is 0 Å². The van der Waals surface area contributed by atoms with Gasteiger partial charge in [0.25, 0.3) is 0 Å². The fraction of sp³-hybridized carbons (Fsp3) is 0.600. The van der Waals surface area contributed by atoms with E-state index in [9.17, 15) is 0 Å². The molecule has 0 amide bonds. The molecule has 1 aliphatic rings. The molecule has 3 heteroatoms. The van der Waals surface area contributed by atoms with Crippen LogP contribution in [0.1, 0.15) is 32.3 Å². The summed E-state index contributed by atoms with van der Waals surface area (Å²) in [6.45, 7) is 8.87. The van der Waals surface area contributed by atoms with Crippen LogP contribution in [0.5, 0.6) is 0 Å². The highest BCUT2D eigenvalue weighted by atomic mass is 79.9. The van der Waals surface area contributed by atoms with Crippen LogP contribution in [0.25, 0.3) is 0 Å². The van der Waals surface area contributed by atoms with E-state index in [-0.39, 0.29) is 0 Å². The smallest absolute Gasteiger partial charge is 0.0513 e. The van der Waals surface area contributed by atoms with Crippen molar-refractivity contribution in [3.8, 4) is 0 Å². The minimum atomic E-state index is 0.599. The van der Waals surface area contributed by atoms with Crippen LogP contribution >= 0.6 is 15.9 Å². The number of piperidine rings is 1. The number of rotatable bonds is 3. The van der Waals surface area contributed by atoms with E-state index in [0.717, 1.165) is 13.1 Å². The lowest BCUT2D eigenvalue weighted by atomic mass is 9.97. The highest BCUT2D eigenvalue weighted by Gasteiger charge is 2.25. The fourth-order valence-corrected chi connectivity index (χ4v) is 3.57. The first kappa shape index (κ1) is 13.9. The van der Waals surface area contributed by atoms with E-state index < -0.39 is 0 Å². The number of anilines is 1. The molecule has 2 unspecified atom stereocenters. The Hall–Kier alpha value is -0.540. The Bertz CT molecular complexity index is 405. The molecule has 0 radical (unpaired) electrons. The van der Waals surface area contributed by atoms with Gasteiger partial charge in [0.05, 0.1) is 5.69 Å². The zero-order chi connectivity index (χ0) is 13.1.